The molecule has 62 valence electrons. The van der Waals surface area contributed by atoms with Gasteiger partial charge in [-0.3, -0.25) is 4.99 Å². The second-order valence-electron chi connectivity index (χ2n) is 3.54. The Labute approximate surface area is 73.1 Å². The zero-order chi connectivity index (χ0) is 8.72. The highest BCUT2D eigenvalue weighted by Gasteiger charge is 2.16. The molecule has 1 aromatic rings. The van der Waals surface area contributed by atoms with Crippen molar-refractivity contribution in [3.05, 3.63) is 34.4 Å². The fraction of sp³-hybridized carbons (Fsp3) is 0.364. The van der Waals surface area contributed by atoms with Gasteiger partial charge in [0.2, 0.25) is 0 Å². The summed E-state index contributed by atoms with van der Waals surface area (Å²) >= 11 is 0. The fourth-order valence-electron chi connectivity index (χ4n) is 1.96. The lowest BCUT2D eigenvalue weighted by Crippen LogP contribution is -1.93. The Balaban J connectivity index is 2.66. The molecule has 1 aliphatic heterocycles. The van der Waals surface area contributed by atoms with Crippen LogP contribution in [0.1, 0.15) is 35.2 Å². The topological polar surface area (TPSA) is 12.4 Å². The fourth-order valence-corrected chi connectivity index (χ4v) is 1.96. The molecular weight excluding hydrogens is 146 g/mol. The zero-order valence-electron chi connectivity index (χ0n) is 7.76. The molecule has 0 unspecified atom stereocenters. The van der Waals surface area contributed by atoms with Gasteiger partial charge in [-0.25, -0.2) is 0 Å². The highest BCUT2D eigenvalue weighted by molar-refractivity contribution is 5.86. The van der Waals surface area contributed by atoms with Crippen LogP contribution in [0.2, 0.25) is 0 Å². The van der Waals surface area contributed by atoms with Crippen molar-refractivity contribution >= 4 is 6.21 Å². The maximum Gasteiger partial charge on any atom is 0.0729 e. The molecule has 1 aromatic carbocycles. The SMILES string of the molecule is Cc1cc(C)c2c(c1)C=N[C@@H]2C. The van der Waals surface area contributed by atoms with Crippen LogP contribution in [0.3, 0.4) is 0 Å². The predicted molar refractivity (Wildman–Crippen MR) is 51.9 cm³/mol. The lowest BCUT2D eigenvalue weighted by molar-refractivity contribution is 0.835. The Kier molecular flexibility index (Phi) is 1.53. The minimum Gasteiger partial charge on any atom is -0.285 e. The van der Waals surface area contributed by atoms with E-state index in [0.29, 0.717) is 6.04 Å². The molecule has 1 heterocycles. The molecule has 0 spiro atoms. The first-order valence-electron chi connectivity index (χ1n) is 4.33. The zero-order valence-corrected chi connectivity index (χ0v) is 7.76. The summed E-state index contributed by atoms with van der Waals surface area (Å²) in [5.41, 5.74) is 5.41. The third-order valence-electron chi connectivity index (χ3n) is 2.42. The van der Waals surface area contributed by atoms with Crippen LogP contribution in [0.4, 0.5) is 0 Å². The summed E-state index contributed by atoms with van der Waals surface area (Å²) in [6.45, 7) is 6.44. The minimum atomic E-state index is 0.362. The highest BCUT2D eigenvalue weighted by Crippen LogP contribution is 2.29. The van der Waals surface area contributed by atoms with E-state index in [1.165, 1.54) is 22.3 Å². The Bertz CT molecular complexity index is 350. The van der Waals surface area contributed by atoms with Crippen molar-refractivity contribution in [2.24, 2.45) is 4.99 Å². The molecule has 1 atom stereocenters. The quantitative estimate of drug-likeness (QED) is 0.552. The average molecular weight is 159 g/mol. The van der Waals surface area contributed by atoms with Crippen molar-refractivity contribution in [2.75, 3.05) is 0 Å². The van der Waals surface area contributed by atoms with Gasteiger partial charge >= 0.3 is 0 Å². The van der Waals surface area contributed by atoms with E-state index < -0.39 is 0 Å². The van der Waals surface area contributed by atoms with Gasteiger partial charge in [-0.15, -0.1) is 0 Å². The molecular formula is C11H13N. The minimum absolute atomic E-state index is 0.362. The van der Waals surface area contributed by atoms with Gasteiger partial charge in [-0.1, -0.05) is 17.7 Å². The first-order chi connectivity index (χ1) is 5.68. The van der Waals surface area contributed by atoms with E-state index in [2.05, 4.69) is 37.9 Å². The summed E-state index contributed by atoms with van der Waals surface area (Å²) < 4.78 is 0. The van der Waals surface area contributed by atoms with E-state index in [4.69, 9.17) is 0 Å². The second-order valence-corrected chi connectivity index (χ2v) is 3.54. The van der Waals surface area contributed by atoms with Crippen LogP contribution < -0.4 is 0 Å². The number of rotatable bonds is 0. The first kappa shape index (κ1) is 7.53. The average Bonchev–Trinajstić information content (AvgIpc) is 2.31. The van der Waals surface area contributed by atoms with Crippen LogP contribution >= 0.6 is 0 Å². The summed E-state index contributed by atoms with van der Waals surface area (Å²) in [5, 5.41) is 0. The molecule has 2 rings (SSSR count). The van der Waals surface area contributed by atoms with Crippen molar-refractivity contribution in [3.63, 3.8) is 0 Å². The predicted octanol–water partition coefficient (Wildman–Crippen LogP) is 2.80. The molecule has 0 bridgehead atoms. The number of hydrogen-bond acceptors (Lipinski definition) is 1. The summed E-state index contributed by atoms with van der Waals surface area (Å²) in [6, 6.07) is 4.79. The largest absolute Gasteiger partial charge is 0.285 e. The summed E-state index contributed by atoms with van der Waals surface area (Å²) in [5.74, 6) is 0. The van der Waals surface area contributed by atoms with Gasteiger partial charge in [-0.2, -0.15) is 0 Å². The highest BCUT2D eigenvalue weighted by atomic mass is 14.8. The third-order valence-corrected chi connectivity index (χ3v) is 2.42. The molecule has 0 aromatic heterocycles. The van der Waals surface area contributed by atoms with Crippen LogP contribution in [0.5, 0.6) is 0 Å². The summed E-state index contributed by atoms with van der Waals surface area (Å²) in [7, 11) is 0. The van der Waals surface area contributed by atoms with Crippen LogP contribution in [0.25, 0.3) is 0 Å². The van der Waals surface area contributed by atoms with Crippen molar-refractivity contribution in [1.29, 1.82) is 0 Å². The normalized spacial score (nSPS) is 19.8. The molecule has 0 saturated carbocycles. The van der Waals surface area contributed by atoms with E-state index in [0.717, 1.165) is 0 Å². The van der Waals surface area contributed by atoms with Gasteiger partial charge in [0.05, 0.1) is 6.04 Å². The molecule has 1 heteroatoms. The first-order valence-corrected chi connectivity index (χ1v) is 4.33. The van der Waals surface area contributed by atoms with Gasteiger partial charge in [0, 0.05) is 6.21 Å². The number of fused-ring (bicyclic) bond motifs is 1. The molecule has 0 amide bonds. The number of aryl methyl sites for hydroxylation is 2. The van der Waals surface area contributed by atoms with E-state index in [-0.39, 0.29) is 0 Å². The van der Waals surface area contributed by atoms with Gasteiger partial charge in [0.25, 0.3) is 0 Å². The van der Waals surface area contributed by atoms with Crippen molar-refractivity contribution < 1.29 is 0 Å². The van der Waals surface area contributed by atoms with E-state index in [1.54, 1.807) is 0 Å². The van der Waals surface area contributed by atoms with E-state index in [1.807, 2.05) is 6.21 Å². The Hall–Kier alpha value is -1.11. The van der Waals surface area contributed by atoms with Gasteiger partial charge in [-0.05, 0) is 37.5 Å². The monoisotopic (exact) mass is 159 g/mol. The van der Waals surface area contributed by atoms with E-state index in [9.17, 15) is 0 Å². The van der Waals surface area contributed by atoms with Gasteiger partial charge < -0.3 is 0 Å². The summed E-state index contributed by atoms with van der Waals surface area (Å²) in [4.78, 5) is 4.38. The van der Waals surface area contributed by atoms with Crippen LogP contribution in [-0.4, -0.2) is 6.21 Å². The Morgan fingerprint density at radius 1 is 1.25 bits per heavy atom. The number of aliphatic imine (C=N–C) groups is 1. The molecule has 0 aliphatic carbocycles. The Morgan fingerprint density at radius 2 is 2.00 bits per heavy atom. The van der Waals surface area contributed by atoms with Crippen molar-refractivity contribution in [1.82, 2.24) is 0 Å². The molecule has 1 nitrogen and oxygen atoms in total. The van der Waals surface area contributed by atoms with E-state index >= 15 is 0 Å². The third kappa shape index (κ3) is 0.970. The maximum absolute atomic E-state index is 4.38. The molecule has 0 N–H and O–H groups in total. The summed E-state index contributed by atoms with van der Waals surface area (Å²) in [6.07, 6.45) is 1.99. The molecule has 0 radical (unpaired) electrons. The van der Waals surface area contributed by atoms with Gasteiger partial charge in [0.1, 0.15) is 0 Å². The maximum atomic E-state index is 4.38. The van der Waals surface area contributed by atoms with Crippen LogP contribution in [0, 0.1) is 13.8 Å². The molecule has 12 heavy (non-hydrogen) atoms. The molecule has 0 saturated heterocycles. The Morgan fingerprint density at radius 3 is 2.75 bits per heavy atom. The van der Waals surface area contributed by atoms with Crippen molar-refractivity contribution in [3.8, 4) is 0 Å². The standard InChI is InChI=1S/C11H13N/c1-7-4-8(2)11-9(3)12-6-10(11)5-7/h4-6,9H,1-3H3/t9-/m1/s1. The van der Waals surface area contributed by atoms with Crippen molar-refractivity contribution in [2.45, 2.75) is 26.8 Å². The second kappa shape index (κ2) is 2.44. The van der Waals surface area contributed by atoms with Crippen LogP contribution in [-0.2, 0) is 0 Å². The number of nitrogens with zero attached hydrogens (tertiary/aromatic N) is 1. The molecule has 0 fully saturated rings. The number of benzene rings is 1. The number of hydrogen-bond donors (Lipinski definition) is 0. The molecule has 1 aliphatic rings. The van der Waals surface area contributed by atoms with Gasteiger partial charge in [0.15, 0.2) is 0 Å². The smallest absolute Gasteiger partial charge is 0.0729 e. The lowest BCUT2D eigenvalue weighted by Gasteiger charge is -2.08. The lowest BCUT2D eigenvalue weighted by atomic mass is 9.97. The van der Waals surface area contributed by atoms with Crippen LogP contribution in [0.15, 0.2) is 17.1 Å².